The first-order chi connectivity index (χ1) is 12.0. The van der Waals surface area contributed by atoms with E-state index in [9.17, 15) is 8.78 Å². The number of epoxide rings is 1. The molecule has 2 aliphatic rings. The zero-order valence-corrected chi connectivity index (χ0v) is 14.6. The van der Waals surface area contributed by atoms with Crippen molar-refractivity contribution in [2.24, 2.45) is 4.99 Å². The van der Waals surface area contributed by atoms with Gasteiger partial charge in [0.25, 0.3) is 0 Å². The summed E-state index contributed by atoms with van der Waals surface area (Å²) in [5, 5.41) is 2.78. The van der Waals surface area contributed by atoms with E-state index in [1.165, 1.54) is 12.1 Å². The Balaban J connectivity index is 1.71. The summed E-state index contributed by atoms with van der Waals surface area (Å²) in [7, 11) is 0. The lowest BCUT2D eigenvalue weighted by molar-refractivity contribution is 0.175. The summed E-state index contributed by atoms with van der Waals surface area (Å²) in [6, 6.07) is 10.8. The van der Waals surface area contributed by atoms with Crippen LogP contribution >= 0.6 is 24.2 Å². The lowest BCUT2D eigenvalue weighted by Gasteiger charge is -2.22. The highest BCUT2D eigenvalue weighted by molar-refractivity contribution is 7.96. The number of hydrogen-bond acceptors (Lipinski definition) is 4. The van der Waals surface area contributed by atoms with Gasteiger partial charge in [0.1, 0.15) is 30.0 Å². The molecule has 0 aliphatic carbocycles. The van der Waals surface area contributed by atoms with Gasteiger partial charge in [0, 0.05) is 22.2 Å². The third-order valence-corrected chi connectivity index (χ3v) is 4.93. The summed E-state index contributed by atoms with van der Waals surface area (Å²) in [5.74, 6) is -1.28. The Morgan fingerprint density at radius 1 is 1.32 bits per heavy atom. The summed E-state index contributed by atoms with van der Waals surface area (Å²) in [5.41, 5.74) is 3.04. The number of thiol groups is 1. The molecule has 130 valence electrons. The van der Waals surface area contributed by atoms with Crippen molar-refractivity contribution in [1.82, 2.24) is 10.4 Å². The Morgan fingerprint density at radius 2 is 2.12 bits per heavy atom. The van der Waals surface area contributed by atoms with E-state index in [-0.39, 0.29) is 5.56 Å². The molecule has 1 N–H and O–H groups in total. The minimum Gasteiger partial charge on any atom is -0.354 e. The molecule has 2 aromatic carbocycles. The predicted molar refractivity (Wildman–Crippen MR) is 94.4 cm³/mol. The van der Waals surface area contributed by atoms with Gasteiger partial charge in [-0.1, -0.05) is 35.9 Å². The Bertz CT molecular complexity index is 866. The molecule has 0 radical (unpaired) electrons. The van der Waals surface area contributed by atoms with Gasteiger partial charge in [0.2, 0.25) is 0 Å². The van der Waals surface area contributed by atoms with Gasteiger partial charge in [-0.3, -0.25) is 5.43 Å². The van der Waals surface area contributed by atoms with Gasteiger partial charge in [-0.2, -0.15) is 5.01 Å². The Labute approximate surface area is 153 Å². The maximum atomic E-state index is 14.5. The minimum atomic E-state index is -0.982. The Morgan fingerprint density at radius 3 is 2.80 bits per heavy atom. The first kappa shape index (κ1) is 16.8. The number of ether oxygens (including phenoxy) is 1. The van der Waals surface area contributed by atoms with Gasteiger partial charge in [-0.15, -0.1) is 12.6 Å². The molecule has 2 aromatic rings. The predicted octanol–water partition coefficient (Wildman–Crippen LogP) is 3.65. The van der Waals surface area contributed by atoms with E-state index >= 15 is 0 Å². The van der Waals surface area contributed by atoms with Crippen LogP contribution in [-0.2, 0) is 10.3 Å². The maximum Gasteiger partial charge on any atom is 0.169 e. The standard InChI is InChI=1S/C17H14ClF2N3OS/c18-13-4-2-1-3-11(13)15-17(24-15,8-23-9-21-16(25)22-23)12-6-5-10(19)7-14(12)20/h1-7,15H,8-9H2,(H2,21,22,25)/t15-,17-/m1/s1. The number of nitrogens with zero attached hydrogens (tertiary/aromatic N) is 2. The molecule has 2 atom stereocenters. The molecule has 4 nitrogen and oxygen atoms in total. The molecular formula is C17H14ClF2N3OS. The summed E-state index contributed by atoms with van der Waals surface area (Å²) >= 11 is 10.4. The van der Waals surface area contributed by atoms with E-state index < -0.39 is 23.3 Å². The second-order valence-corrected chi connectivity index (χ2v) is 6.80. The van der Waals surface area contributed by atoms with Crippen LogP contribution in [0.1, 0.15) is 17.2 Å². The van der Waals surface area contributed by atoms with Crippen molar-refractivity contribution in [2.45, 2.75) is 11.7 Å². The number of amidine groups is 1. The fourth-order valence-electron chi connectivity index (χ4n) is 3.16. The maximum absolute atomic E-state index is 14.5. The molecule has 2 aliphatic heterocycles. The van der Waals surface area contributed by atoms with E-state index in [2.05, 4.69) is 23.0 Å². The molecule has 25 heavy (non-hydrogen) atoms. The van der Waals surface area contributed by atoms with Crippen LogP contribution < -0.4 is 5.43 Å². The molecular weight excluding hydrogens is 368 g/mol. The monoisotopic (exact) mass is 381 g/mol. The number of benzene rings is 2. The summed E-state index contributed by atoms with van der Waals surface area (Å²) in [6.07, 6.45) is -0.438. The topological polar surface area (TPSA) is 40.2 Å². The molecule has 0 saturated carbocycles. The number of nitrogens with one attached hydrogen (secondary N) is 1. The number of hydrogen-bond donors (Lipinski definition) is 2. The van der Waals surface area contributed by atoms with E-state index in [0.29, 0.717) is 23.4 Å². The van der Waals surface area contributed by atoms with Gasteiger partial charge in [-0.25, -0.2) is 13.8 Å². The van der Waals surface area contributed by atoms with Crippen LogP contribution in [0.2, 0.25) is 5.02 Å². The van der Waals surface area contributed by atoms with Crippen LogP contribution in [0.25, 0.3) is 0 Å². The van der Waals surface area contributed by atoms with Crippen molar-refractivity contribution in [1.29, 1.82) is 0 Å². The van der Waals surface area contributed by atoms with Gasteiger partial charge in [0.05, 0.1) is 6.54 Å². The largest absolute Gasteiger partial charge is 0.354 e. The summed E-state index contributed by atoms with van der Waals surface area (Å²) in [6.45, 7) is 0.668. The van der Waals surface area contributed by atoms with E-state index in [0.717, 1.165) is 11.6 Å². The molecule has 0 aromatic heterocycles. The Hall–Kier alpha value is -1.67. The quantitative estimate of drug-likeness (QED) is 0.627. The van der Waals surface area contributed by atoms with E-state index in [4.69, 9.17) is 16.3 Å². The zero-order valence-electron chi connectivity index (χ0n) is 12.9. The highest BCUT2D eigenvalue weighted by atomic mass is 35.5. The van der Waals surface area contributed by atoms with Crippen molar-refractivity contribution in [3.05, 3.63) is 70.2 Å². The average molecular weight is 382 g/mol. The zero-order chi connectivity index (χ0) is 17.6. The van der Waals surface area contributed by atoms with Crippen LogP contribution in [0, 0.1) is 11.6 Å². The molecule has 8 heteroatoms. The van der Waals surface area contributed by atoms with Crippen molar-refractivity contribution in [3.63, 3.8) is 0 Å². The first-order valence-electron chi connectivity index (χ1n) is 7.62. The lowest BCUT2D eigenvalue weighted by atomic mass is 9.91. The Kier molecular flexibility index (Phi) is 4.19. The van der Waals surface area contributed by atoms with E-state index in [1.807, 2.05) is 18.2 Å². The highest BCUT2D eigenvalue weighted by Crippen LogP contribution is 2.59. The number of rotatable bonds is 4. The van der Waals surface area contributed by atoms with Crippen LogP contribution in [0.3, 0.4) is 0 Å². The van der Waals surface area contributed by atoms with Gasteiger partial charge >= 0.3 is 0 Å². The molecule has 0 spiro atoms. The first-order valence-corrected chi connectivity index (χ1v) is 8.45. The summed E-state index contributed by atoms with van der Waals surface area (Å²) < 4.78 is 33.8. The molecule has 4 rings (SSSR count). The fourth-order valence-corrected chi connectivity index (χ4v) is 3.60. The smallest absolute Gasteiger partial charge is 0.169 e. The van der Waals surface area contributed by atoms with Crippen molar-refractivity contribution in [2.75, 3.05) is 13.2 Å². The lowest BCUT2D eigenvalue weighted by Crippen LogP contribution is -2.41. The van der Waals surface area contributed by atoms with Crippen LogP contribution in [0.5, 0.6) is 0 Å². The fraction of sp³-hybridized carbons (Fsp3) is 0.235. The SMILES string of the molecule is Fc1ccc([C@@]2(CN3CN=C(S)N3)O[C@@H]2c2ccccc2Cl)c(F)c1. The normalized spacial score (nSPS) is 25.6. The number of hydrazine groups is 1. The van der Waals surface area contributed by atoms with Crippen molar-refractivity contribution in [3.8, 4) is 0 Å². The molecule has 1 saturated heterocycles. The molecule has 0 amide bonds. The minimum absolute atomic E-state index is 0.285. The molecule has 0 bridgehead atoms. The third-order valence-electron chi connectivity index (χ3n) is 4.34. The number of halogens is 3. The summed E-state index contributed by atoms with van der Waals surface area (Å²) in [4.78, 5) is 4.14. The highest BCUT2D eigenvalue weighted by Gasteiger charge is 2.61. The second kappa shape index (κ2) is 6.25. The van der Waals surface area contributed by atoms with Crippen molar-refractivity contribution < 1.29 is 13.5 Å². The molecule has 1 fully saturated rings. The third kappa shape index (κ3) is 3.01. The number of aliphatic imine (C=N–C) groups is 1. The molecule has 0 unspecified atom stereocenters. The van der Waals surface area contributed by atoms with E-state index in [1.54, 1.807) is 11.1 Å². The van der Waals surface area contributed by atoms with Gasteiger partial charge in [0.15, 0.2) is 5.17 Å². The van der Waals surface area contributed by atoms with Crippen LogP contribution in [0.15, 0.2) is 47.5 Å². The molecule has 2 heterocycles. The van der Waals surface area contributed by atoms with Crippen molar-refractivity contribution >= 4 is 29.4 Å². The van der Waals surface area contributed by atoms with Gasteiger partial charge in [-0.05, 0) is 12.1 Å². The second-order valence-electron chi connectivity index (χ2n) is 5.97. The van der Waals surface area contributed by atoms with Gasteiger partial charge < -0.3 is 4.74 Å². The van der Waals surface area contributed by atoms with Crippen LogP contribution in [0.4, 0.5) is 8.78 Å². The van der Waals surface area contributed by atoms with Crippen LogP contribution in [-0.4, -0.2) is 23.4 Å². The average Bonchev–Trinajstić information content (AvgIpc) is 3.12.